The Hall–Kier alpha value is -1.69. The van der Waals surface area contributed by atoms with Crippen LogP contribution in [0.3, 0.4) is 0 Å². The Kier molecular flexibility index (Phi) is 2.77. The fraction of sp³-hybridized carbons (Fsp3) is 0.444. The monoisotopic (exact) mass is 206 g/mol. The van der Waals surface area contributed by atoms with E-state index >= 15 is 0 Å². The average molecular weight is 206 g/mol. The van der Waals surface area contributed by atoms with E-state index in [0.717, 1.165) is 24.5 Å². The highest BCUT2D eigenvalue weighted by Gasteiger charge is 2.03. The Morgan fingerprint density at radius 1 is 1.40 bits per heavy atom. The van der Waals surface area contributed by atoms with Gasteiger partial charge in [-0.25, -0.2) is 4.68 Å². The molecule has 0 aromatic carbocycles. The molecular formula is C9H14N6. The van der Waals surface area contributed by atoms with Gasteiger partial charge in [0.2, 0.25) is 0 Å². The van der Waals surface area contributed by atoms with E-state index in [2.05, 4.69) is 27.7 Å². The molecule has 2 aromatic rings. The van der Waals surface area contributed by atoms with Crippen molar-refractivity contribution in [3.8, 4) is 5.69 Å². The highest BCUT2D eigenvalue weighted by atomic mass is 15.4. The summed E-state index contributed by atoms with van der Waals surface area (Å²) < 4.78 is 3.46. The van der Waals surface area contributed by atoms with Crippen LogP contribution in [0.5, 0.6) is 0 Å². The maximum absolute atomic E-state index is 4.08. The molecule has 0 amide bonds. The summed E-state index contributed by atoms with van der Waals surface area (Å²) in [5, 5.41) is 15.4. The van der Waals surface area contributed by atoms with Gasteiger partial charge in [0.15, 0.2) is 0 Å². The van der Waals surface area contributed by atoms with Gasteiger partial charge in [-0.2, -0.15) is 5.10 Å². The lowest BCUT2D eigenvalue weighted by atomic mass is 10.4. The first-order chi connectivity index (χ1) is 7.29. The molecule has 6 nitrogen and oxygen atoms in total. The summed E-state index contributed by atoms with van der Waals surface area (Å²) in [6, 6.07) is 0. The van der Waals surface area contributed by atoms with Crippen molar-refractivity contribution < 1.29 is 0 Å². The van der Waals surface area contributed by atoms with E-state index in [1.165, 1.54) is 0 Å². The second-order valence-electron chi connectivity index (χ2n) is 3.31. The van der Waals surface area contributed by atoms with Gasteiger partial charge in [0, 0.05) is 13.6 Å². The zero-order valence-electron chi connectivity index (χ0n) is 8.88. The maximum atomic E-state index is 4.08. The van der Waals surface area contributed by atoms with Crippen LogP contribution in [0.2, 0.25) is 0 Å². The Labute approximate surface area is 87.9 Å². The second-order valence-corrected chi connectivity index (χ2v) is 3.31. The molecule has 2 aromatic heterocycles. The SMILES string of the molecule is CCNCc1cn(-c2cnn(C)c2)nn1. The molecule has 0 saturated heterocycles. The first-order valence-electron chi connectivity index (χ1n) is 4.90. The zero-order chi connectivity index (χ0) is 10.7. The van der Waals surface area contributed by atoms with Gasteiger partial charge in [-0.3, -0.25) is 4.68 Å². The molecule has 0 saturated carbocycles. The van der Waals surface area contributed by atoms with Crippen molar-refractivity contribution >= 4 is 0 Å². The van der Waals surface area contributed by atoms with Gasteiger partial charge >= 0.3 is 0 Å². The molecule has 0 aliphatic heterocycles. The fourth-order valence-corrected chi connectivity index (χ4v) is 1.29. The average Bonchev–Trinajstić information content (AvgIpc) is 2.83. The van der Waals surface area contributed by atoms with Gasteiger partial charge in [0.05, 0.1) is 24.3 Å². The molecule has 15 heavy (non-hydrogen) atoms. The van der Waals surface area contributed by atoms with E-state index in [9.17, 15) is 0 Å². The highest BCUT2D eigenvalue weighted by molar-refractivity contribution is 5.23. The number of hydrogen-bond acceptors (Lipinski definition) is 4. The zero-order valence-corrected chi connectivity index (χ0v) is 8.88. The molecule has 1 N–H and O–H groups in total. The predicted molar refractivity (Wildman–Crippen MR) is 55.5 cm³/mol. The lowest BCUT2D eigenvalue weighted by molar-refractivity contribution is 0.705. The van der Waals surface area contributed by atoms with Crippen LogP contribution in [-0.4, -0.2) is 31.3 Å². The van der Waals surface area contributed by atoms with Gasteiger partial charge in [0.1, 0.15) is 5.69 Å². The number of aromatic nitrogens is 5. The Balaban J connectivity index is 2.13. The minimum absolute atomic E-state index is 0.747. The Morgan fingerprint density at radius 2 is 2.27 bits per heavy atom. The molecule has 0 atom stereocenters. The number of rotatable bonds is 4. The molecule has 0 aliphatic carbocycles. The minimum Gasteiger partial charge on any atom is -0.311 e. The van der Waals surface area contributed by atoms with E-state index in [0.29, 0.717) is 0 Å². The summed E-state index contributed by atoms with van der Waals surface area (Å²) in [4.78, 5) is 0. The van der Waals surface area contributed by atoms with E-state index in [1.54, 1.807) is 15.6 Å². The molecule has 0 aliphatic rings. The standard InChI is InChI=1S/C9H14N6/c1-3-10-4-8-6-15(13-12-8)9-5-11-14(2)7-9/h5-7,10H,3-4H2,1-2H3. The molecule has 80 valence electrons. The van der Waals surface area contributed by atoms with E-state index in [-0.39, 0.29) is 0 Å². The van der Waals surface area contributed by atoms with Gasteiger partial charge < -0.3 is 5.32 Å². The maximum Gasteiger partial charge on any atom is 0.104 e. The van der Waals surface area contributed by atoms with Crippen LogP contribution in [0.4, 0.5) is 0 Å². The quantitative estimate of drug-likeness (QED) is 0.771. The van der Waals surface area contributed by atoms with Crippen molar-refractivity contribution in [1.82, 2.24) is 30.1 Å². The summed E-state index contributed by atoms with van der Waals surface area (Å²) in [5.74, 6) is 0. The van der Waals surface area contributed by atoms with Crippen LogP contribution >= 0.6 is 0 Å². The van der Waals surface area contributed by atoms with Crippen molar-refractivity contribution in [1.29, 1.82) is 0 Å². The van der Waals surface area contributed by atoms with Crippen LogP contribution in [0, 0.1) is 0 Å². The molecular weight excluding hydrogens is 192 g/mol. The van der Waals surface area contributed by atoms with Crippen molar-refractivity contribution in [2.24, 2.45) is 7.05 Å². The Bertz CT molecular complexity index is 429. The molecule has 0 unspecified atom stereocenters. The normalized spacial score (nSPS) is 10.8. The van der Waals surface area contributed by atoms with Crippen LogP contribution in [-0.2, 0) is 13.6 Å². The molecule has 2 rings (SSSR count). The molecule has 2 heterocycles. The lowest BCUT2D eigenvalue weighted by Gasteiger charge is -1.94. The largest absolute Gasteiger partial charge is 0.311 e. The molecule has 0 bridgehead atoms. The number of nitrogens with zero attached hydrogens (tertiary/aromatic N) is 5. The van der Waals surface area contributed by atoms with Gasteiger partial charge in [0.25, 0.3) is 0 Å². The second kappa shape index (κ2) is 4.22. The molecule has 0 spiro atoms. The van der Waals surface area contributed by atoms with E-state index in [1.807, 2.05) is 19.4 Å². The van der Waals surface area contributed by atoms with E-state index in [4.69, 9.17) is 0 Å². The van der Waals surface area contributed by atoms with Gasteiger partial charge in [-0.1, -0.05) is 12.1 Å². The van der Waals surface area contributed by atoms with E-state index < -0.39 is 0 Å². The lowest BCUT2D eigenvalue weighted by Crippen LogP contribution is -2.11. The topological polar surface area (TPSA) is 60.6 Å². The van der Waals surface area contributed by atoms with Crippen molar-refractivity contribution in [2.75, 3.05) is 6.54 Å². The van der Waals surface area contributed by atoms with Crippen molar-refractivity contribution in [3.63, 3.8) is 0 Å². The summed E-state index contributed by atoms with van der Waals surface area (Å²) in [7, 11) is 1.87. The molecule has 0 radical (unpaired) electrons. The van der Waals surface area contributed by atoms with Crippen LogP contribution < -0.4 is 5.32 Å². The highest BCUT2D eigenvalue weighted by Crippen LogP contribution is 2.04. The van der Waals surface area contributed by atoms with Gasteiger partial charge in [-0.05, 0) is 6.54 Å². The first kappa shape index (κ1) is 9.85. The third kappa shape index (κ3) is 2.21. The van der Waals surface area contributed by atoms with Crippen LogP contribution in [0.25, 0.3) is 5.69 Å². The molecule has 0 fully saturated rings. The molecule has 6 heteroatoms. The summed E-state index contributed by atoms with van der Waals surface area (Å²) >= 11 is 0. The number of hydrogen-bond donors (Lipinski definition) is 1. The van der Waals surface area contributed by atoms with Crippen molar-refractivity contribution in [3.05, 3.63) is 24.3 Å². The third-order valence-corrected chi connectivity index (χ3v) is 2.05. The Morgan fingerprint density at radius 3 is 2.93 bits per heavy atom. The number of aryl methyl sites for hydroxylation is 1. The number of nitrogens with one attached hydrogen (secondary N) is 1. The fourth-order valence-electron chi connectivity index (χ4n) is 1.29. The smallest absolute Gasteiger partial charge is 0.104 e. The minimum atomic E-state index is 0.747. The summed E-state index contributed by atoms with van der Waals surface area (Å²) in [5.41, 5.74) is 1.86. The third-order valence-electron chi connectivity index (χ3n) is 2.05. The van der Waals surface area contributed by atoms with Gasteiger partial charge in [-0.15, -0.1) is 5.10 Å². The summed E-state index contributed by atoms with van der Waals surface area (Å²) in [6.45, 7) is 3.74. The van der Waals surface area contributed by atoms with Crippen LogP contribution in [0.15, 0.2) is 18.6 Å². The summed E-state index contributed by atoms with van der Waals surface area (Å²) in [6.07, 6.45) is 5.55. The van der Waals surface area contributed by atoms with Crippen molar-refractivity contribution in [2.45, 2.75) is 13.5 Å². The van der Waals surface area contributed by atoms with Crippen LogP contribution in [0.1, 0.15) is 12.6 Å². The first-order valence-corrected chi connectivity index (χ1v) is 4.90. The predicted octanol–water partition coefficient (Wildman–Crippen LogP) is 0.110.